The number of rotatable bonds is 6. The summed E-state index contributed by atoms with van der Waals surface area (Å²) < 4.78 is 0. The molecule has 1 aliphatic carbocycles. The molecule has 150 valence electrons. The van der Waals surface area contributed by atoms with E-state index in [9.17, 15) is 14.7 Å². The molecule has 0 amide bonds. The number of nitrogens with two attached hydrogens (primary N) is 1. The lowest BCUT2D eigenvalue weighted by Gasteiger charge is -2.32. The molecule has 0 aliphatic heterocycles. The molecule has 2 aromatic rings. The number of carboxylic acids is 1. The maximum atomic E-state index is 12.9. The molecule has 29 heavy (non-hydrogen) atoms. The molecule has 0 radical (unpaired) electrons. The Labute approximate surface area is 174 Å². The summed E-state index contributed by atoms with van der Waals surface area (Å²) in [5.41, 5.74) is 6.98. The minimum Gasteiger partial charge on any atom is -0.481 e. The normalized spacial score (nSPS) is 19.0. The van der Waals surface area contributed by atoms with Gasteiger partial charge in [-0.2, -0.15) is 0 Å². The number of Topliss-reactive ketones (excluding diaryl/α,β-unsaturated/α-hetero) is 1. The highest BCUT2D eigenvalue weighted by molar-refractivity contribution is 7.81. The van der Waals surface area contributed by atoms with Gasteiger partial charge in [0.2, 0.25) is 0 Å². The molecule has 3 rings (SSSR count). The zero-order valence-corrected chi connectivity index (χ0v) is 16.8. The van der Waals surface area contributed by atoms with E-state index in [-0.39, 0.29) is 23.6 Å². The van der Waals surface area contributed by atoms with E-state index >= 15 is 0 Å². The highest BCUT2D eigenvalue weighted by atomic mass is 32.1. The largest absolute Gasteiger partial charge is 0.481 e. The van der Waals surface area contributed by atoms with Crippen molar-refractivity contribution in [2.24, 2.45) is 5.41 Å². The van der Waals surface area contributed by atoms with Crippen molar-refractivity contribution in [3.63, 3.8) is 0 Å². The topological polar surface area (TPSA) is 117 Å². The number of hydrogen-bond donors (Lipinski definition) is 4. The van der Waals surface area contributed by atoms with Crippen LogP contribution in [-0.2, 0) is 16.1 Å². The summed E-state index contributed by atoms with van der Waals surface area (Å²) in [5, 5.41) is 15.9. The Morgan fingerprint density at radius 1 is 1.28 bits per heavy atom. The quantitative estimate of drug-likeness (QED) is 0.537. The molecule has 7 nitrogen and oxygen atoms in total. The van der Waals surface area contributed by atoms with Gasteiger partial charge in [0.15, 0.2) is 5.78 Å². The second-order valence-corrected chi connectivity index (χ2v) is 7.67. The van der Waals surface area contributed by atoms with Crippen LogP contribution in [0.5, 0.6) is 0 Å². The zero-order chi connectivity index (χ0) is 21.0. The standard InChI is InChI=1S/C21H22N4O3S/c1-21(20(27)28)10-15(24-12-13-7-8-23-17(22)9-13)18(16(26)11-21)19(29)25-14-5-3-2-4-6-14/h2-9,24H,10-12H2,1H3,(H2,22,23)(H,25,29)(H,27,28). The van der Waals surface area contributed by atoms with Gasteiger partial charge in [0.05, 0.1) is 11.0 Å². The van der Waals surface area contributed by atoms with E-state index in [4.69, 9.17) is 18.0 Å². The highest BCUT2D eigenvalue weighted by Crippen LogP contribution is 2.37. The van der Waals surface area contributed by atoms with Gasteiger partial charge in [0.25, 0.3) is 0 Å². The minimum absolute atomic E-state index is 0.109. The molecular formula is C21H22N4O3S. The second kappa shape index (κ2) is 8.40. The first-order valence-electron chi connectivity index (χ1n) is 9.09. The maximum absolute atomic E-state index is 12.9. The van der Waals surface area contributed by atoms with Gasteiger partial charge in [0.1, 0.15) is 10.8 Å². The smallest absolute Gasteiger partial charge is 0.310 e. The van der Waals surface area contributed by atoms with Crippen molar-refractivity contribution in [3.05, 3.63) is 65.5 Å². The van der Waals surface area contributed by atoms with Gasteiger partial charge in [-0.3, -0.25) is 9.59 Å². The second-order valence-electron chi connectivity index (χ2n) is 7.26. The lowest BCUT2D eigenvalue weighted by molar-refractivity contribution is -0.150. The molecule has 1 aromatic heterocycles. The Hall–Kier alpha value is -3.26. The maximum Gasteiger partial charge on any atom is 0.310 e. The van der Waals surface area contributed by atoms with Gasteiger partial charge >= 0.3 is 5.97 Å². The van der Waals surface area contributed by atoms with Crippen LogP contribution in [0.2, 0.25) is 0 Å². The van der Waals surface area contributed by atoms with Crippen LogP contribution in [0.1, 0.15) is 25.3 Å². The van der Waals surface area contributed by atoms with Crippen LogP contribution in [0.15, 0.2) is 59.9 Å². The number of benzene rings is 1. The van der Waals surface area contributed by atoms with Crippen molar-refractivity contribution >= 4 is 40.5 Å². The molecule has 1 unspecified atom stereocenters. The van der Waals surface area contributed by atoms with Gasteiger partial charge in [-0.25, -0.2) is 4.98 Å². The molecule has 1 aromatic carbocycles. The van der Waals surface area contributed by atoms with Crippen LogP contribution in [0.4, 0.5) is 11.5 Å². The molecule has 0 bridgehead atoms. The Morgan fingerprint density at radius 3 is 2.66 bits per heavy atom. The number of para-hydroxylation sites is 1. The lowest BCUT2D eigenvalue weighted by Crippen LogP contribution is -2.40. The Balaban J connectivity index is 1.91. The van der Waals surface area contributed by atoms with Gasteiger partial charge in [0, 0.05) is 37.0 Å². The molecular weight excluding hydrogens is 388 g/mol. The Bertz CT molecular complexity index is 990. The van der Waals surface area contributed by atoms with Crippen LogP contribution >= 0.6 is 12.2 Å². The first-order valence-corrected chi connectivity index (χ1v) is 9.50. The third-order valence-electron chi connectivity index (χ3n) is 4.82. The summed E-state index contributed by atoms with van der Waals surface area (Å²) in [6.07, 6.45) is 1.65. The van der Waals surface area contributed by atoms with Crippen molar-refractivity contribution in [2.75, 3.05) is 11.1 Å². The molecule has 0 spiro atoms. The van der Waals surface area contributed by atoms with E-state index < -0.39 is 11.4 Å². The van der Waals surface area contributed by atoms with Crippen molar-refractivity contribution in [2.45, 2.75) is 26.3 Å². The molecule has 0 fully saturated rings. The third-order valence-corrected chi connectivity index (χ3v) is 5.13. The highest BCUT2D eigenvalue weighted by Gasteiger charge is 2.43. The summed E-state index contributed by atoms with van der Waals surface area (Å²) in [4.78, 5) is 28.9. The number of nitrogens with zero attached hydrogens (tertiary/aromatic N) is 1. The van der Waals surface area contributed by atoms with E-state index in [0.717, 1.165) is 11.3 Å². The van der Waals surface area contributed by atoms with Crippen molar-refractivity contribution in [3.8, 4) is 0 Å². The van der Waals surface area contributed by atoms with Crippen molar-refractivity contribution < 1.29 is 14.7 Å². The number of nitrogen functional groups attached to an aromatic ring is 1. The molecule has 5 N–H and O–H groups in total. The predicted octanol–water partition coefficient (Wildman–Crippen LogP) is 2.90. The molecule has 1 atom stereocenters. The minimum atomic E-state index is -1.19. The SMILES string of the molecule is CC1(C(=O)O)CC(=O)C(C(=S)Nc2ccccc2)=C(NCc2ccnc(N)c2)C1. The molecule has 1 aliphatic rings. The fourth-order valence-electron chi connectivity index (χ4n) is 3.25. The number of carboxylic acid groups (broad SMARTS) is 1. The number of hydrogen-bond acceptors (Lipinski definition) is 6. The number of anilines is 2. The summed E-state index contributed by atoms with van der Waals surface area (Å²) in [5.74, 6) is -0.930. The van der Waals surface area contributed by atoms with E-state index in [2.05, 4.69) is 15.6 Å². The van der Waals surface area contributed by atoms with E-state index in [1.54, 1.807) is 25.3 Å². The van der Waals surface area contributed by atoms with Gasteiger partial charge in [-0.15, -0.1) is 0 Å². The predicted molar refractivity (Wildman–Crippen MR) is 115 cm³/mol. The number of pyridine rings is 1. The lowest BCUT2D eigenvalue weighted by atomic mass is 9.74. The average molecular weight is 410 g/mol. The number of thiocarbonyl (C=S) groups is 1. The summed E-state index contributed by atoms with van der Waals surface area (Å²) in [6.45, 7) is 1.94. The number of ketones is 1. The average Bonchev–Trinajstić information content (AvgIpc) is 2.66. The summed E-state index contributed by atoms with van der Waals surface area (Å²) >= 11 is 5.50. The van der Waals surface area contributed by atoms with Crippen LogP contribution in [-0.4, -0.2) is 26.8 Å². The van der Waals surface area contributed by atoms with E-state index in [0.29, 0.717) is 23.6 Å². The monoisotopic (exact) mass is 410 g/mol. The Morgan fingerprint density at radius 2 is 2.00 bits per heavy atom. The fourth-order valence-corrected chi connectivity index (χ4v) is 3.60. The van der Waals surface area contributed by atoms with Crippen LogP contribution in [0, 0.1) is 5.41 Å². The third kappa shape index (κ3) is 4.78. The van der Waals surface area contributed by atoms with Gasteiger partial charge in [-0.05, 0) is 36.8 Å². The molecule has 0 saturated carbocycles. The number of allylic oxidation sites excluding steroid dienone is 1. The number of aliphatic carboxylic acids is 1. The van der Waals surface area contributed by atoms with Crippen LogP contribution < -0.4 is 16.4 Å². The number of aromatic nitrogens is 1. The summed E-state index contributed by atoms with van der Waals surface area (Å²) in [7, 11) is 0. The number of carbonyl (C=O) groups excluding carboxylic acids is 1. The number of nitrogens with one attached hydrogen (secondary N) is 2. The van der Waals surface area contributed by atoms with E-state index in [1.807, 2.05) is 30.3 Å². The number of carbonyl (C=O) groups is 2. The first-order chi connectivity index (χ1) is 13.8. The van der Waals surface area contributed by atoms with Crippen molar-refractivity contribution in [1.82, 2.24) is 10.3 Å². The summed E-state index contributed by atoms with van der Waals surface area (Å²) in [6, 6.07) is 12.8. The van der Waals surface area contributed by atoms with Crippen LogP contribution in [0.25, 0.3) is 0 Å². The first kappa shape index (κ1) is 20.5. The molecule has 0 saturated heterocycles. The van der Waals surface area contributed by atoms with Gasteiger partial charge in [-0.1, -0.05) is 30.4 Å². The Kier molecular flexibility index (Phi) is 5.93. The molecule has 1 heterocycles. The van der Waals surface area contributed by atoms with Gasteiger partial charge < -0.3 is 21.5 Å². The zero-order valence-electron chi connectivity index (χ0n) is 15.9. The van der Waals surface area contributed by atoms with E-state index in [1.165, 1.54) is 0 Å². The fraction of sp³-hybridized carbons (Fsp3) is 0.238. The molecule has 8 heteroatoms. The van der Waals surface area contributed by atoms with Crippen molar-refractivity contribution in [1.29, 1.82) is 0 Å². The van der Waals surface area contributed by atoms with Crippen LogP contribution in [0.3, 0.4) is 0 Å².